The van der Waals surface area contributed by atoms with E-state index in [0.29, 0.717) is 23.7 Å². The molecule has 0 fully saturated rings. The molecule has 0 aliphatic rings. The van der Waals surface area contributed by atoms with Crippen LogP contribution in [0.5, 0.6) is 0 Å². The van der Waals surface area contributed by atoms with Crippen molar-refractivity contribution in [2.45, 2.75) is 20.0 Å². The maximum Gasteiger partial charge on any atom is 0.341 e. The van der Waals surface area contributed by atoms with E-state index in [0.717, 1.165) is 5.56 Å². The lowest BCUT2D eigenvalue weighted by atomic mass is 10.1. The molecule has 0 amide bonds. The highest BCUT2D eigenvalue weighted by Crippen LogP contribution is 2.22. The fourth-order valence-electron chi connectivity index (χ4n) is 2.04. The topological polar surface area (TPSA) is 61.3 Å². The van der Waals surface area contributed by atoms with E-state index in [4.69, 9.17) is 9.47 Å². The van der Waals surface area contributed by atoms with Crippen molar-refractivity contribution < 1.29 is 14.3 Å². The van der Waals surface area contributed by atoms with Gasteiger partial charge in [-0.3, -0.25) is 0 Å². The van der Waals surface area contributed by atoms with Crippen LogP contribution in [0, 0.1) is 6.92 Å². The van der Waals surface area contributed by atoms with Crippen molar-refractivity contribution in [1.29, 1.82) is 0 Å². The summed E-state index contributed by atoms with van der Waals surface area (Å²) in [5.41, 5.74) is 1.92. The number of benzene rings is 1. The van der Waals surface area contributed by atoms with Gasteiger partial charge < -0.3 is 9.47 Å². The Labute approximate surface area is 124 Å². The Balaban J connectivity index is 2.32. The first kappa shape index (κ1) is 15.1. The molecule has 0 radical (unpaired) electrons. The van der Waals surface area contributed by atoms with E-state index in [2.05, 4.69) is 9.97 Å². The minimum Gasteiger partial charge on any atom is -0.462 e. The molecule has 0 spiro atoms. The first-order valence-corrected chi connectivity index (χ1v) is 6.75. The average Bonchev–Trinajstić information content (AvgIpc) is 2.49. The molecule has 0 N–H and O–H groups in total. The predicted molar refractivity (Wildman–Crippen MR) is 78.0 cm³/mol. The van der Waals surface area contributed by atoms with Gasteiger partial charge in [-0.25, -0.2) is 14.8 Å². The number of carbonyl (C=O) groups excluding carboxylic acids is 1. The number of nitrogens with zero attached hydrogens (tertiary/aromatic N) is 2. The van der Waals surface area contributed by atoms with Crippen LogP contribution < -0.4 is 0 Å². The summed E-state index contributed by atoms with van der Waals surface area (Å²) >= 11 is 0. The molecule has 0 bridgehead atoms. The van der Waals surface area contributed by atoms with Gasteiger partial charge in [0.05, 0.1) is 17.9 Å². The Morgan fingerprint density at radius 1 is 1.29 bits per heavy atom. The zero-order valence-corrected chi connectivity index (χ0v) is 12.4. The van der Waals surface area contributed by atoms with Crippen molar-refractivity contribution in [3.8, 4) is 0 Å². The van der Waals surface area contributed by atoms with Crippen molar-refractivity contribution in [3.05, 3.63) is 59.2 Å². The van der Waals surface area contributed by atoms with Gasteiger partial charge in [0.25, 0.3) is 0 Å². The molecule has 1 aromatic heterocycles. The van der Waals surface area contributed by atoms with E-state index in [1.54, 1.807) is 21.0 Å². The monoisotopic (exact) mass is 286 g/mol. The third-order valence-electron chi connectivity index (χ3n) is 3.07. The quantitative estimate of drug-likeness (QED) is 0.791. The number of ether oxygens (including phenoxy) is 2. The number of rotatable bonds is 5. The molecule has 5 heteroatoms. The molecule has 110 valence electrons. The molecule has 0 saturated heterocycles. The number of hydrogen-bond acceptors (Lipinski definition) is 5. The van der Waals surface area contributed by atoms with Gasteiger partial charge >= 0.3 is 5.97 Å². The molecule has 21 heavy (non-hydrogen) atoms. The molecule has 0 saturated carbocycles. The summed E-state index contributed by atoms with van der Waals surface area (Å²) < 4.78 is 10.5. The van der Waals surface area contributed by atoms with Crippen LogP contribution in [-0.2, 0) is 9.47 Å². The highest BCUT2D eigenvalue weighted by Gasteiger charge is 2.19. The third kappa shape index (κ3) is 3.44. The molecule has 0 aliphatic heterocycles. The van der Waals surface area contributed by atoms with Gasteiger partial charge in [0.15, 0.2) is 5.82 Å². The van der Waals surface area contributed by atoms with Crippen LogP contribution in [-0.4, -0.2) is 29.7 Å². The van der Waals surface area contributed by atoms with Crippen LogP contribution in [0.4, 0.5) is 0 Å². The van der Waals surface area contributed by atoms with E-state index in [1.165, 1.54) is 6.20 Å². The van der Waals surface area contributed by atoms with E-state index >= 15 is 0 Å². The van der Waals surface area contributed by atoms with Crippen molar-refractivity contribution in [3.63, 3.8) is 0 Å². The lowest BCUT2D eigenvalue weighted by Gasteiger charge is -2.15. The van der Waals surface area contributed by atoms with Crippen molar-refractivity contribution in [1.82, 2.24) is 9.97 Å². The van der Waals surface area contributed by atoms with Crippen LogP contribution in [0.2, 0.25) is 0 Å². The molecule has 1 heterocycles. The molecular weight excluding hydrogens is 268 g/mol. The van der Waals surface area contributed by atoms with Gasteiger partial charge in [0.1, 0.15) is 6.10 Å². The largest absolute Gasteiger partial charge is 0.462 e. The van der Waals surface area contributed by atoms with Gasteiger partial charge in [0.2, 0.25) is 0 Å². The molecule has 2 aromatic rings. The summed E-state index contributed by atoms with van der Waals surface area (Å²) in [6, 6.07) is 9.70. The first-order valence-electron chi connectivity index (χ1n) is 6.75. The lowest BCUT2D eigenvalue weighted by Crippen LogP contribution is -2.13. The SMILES string of the molecule is CCOC(=O)c1cnc(C(OC)c2ccccc2)nc1C. The number of aromatic nitrogens is 2. The Morgan fingerprint density at radius 3 is 2.57 bits per heavy atom. The number of aryl methyl sites for hydroxylation is 1. The molecule has 0 aliphatic carbocycles. The van der Waals surface area contributed by atoms with Crippen LogP contribution in [0.15, 0.2) is 36.5 Å². The molecule has 2 rings (SSSR count). The third-order valence-corrected chi connectivity index (χ3v) is 3.07. The van der Waals surface area contributed by atoms with Gasteiger partial charge in [-0.05, 0) is 19.4 Å². The minimum atomic E-state index is -0.407. The second-order valence-corrected chi connectivity index (χ2v) is 4.47. The Kier molecular flexibility index (Phi) is 5.00. The number of hydrogen-bond donors (Lipinski definition) is 0. The van der Waals surface area contributed by atoms with Crippen LogP contribution >= 0.6 is 0 Å². The summed E-state index contributed by atoms with van der Waals surface area (Å²) in [5, 5.41) is 0. The molecule has 5 nitrogen and oxygen atoms in total. The highest BCUT2D eigenvalue weighted by atomic mass is 16.5. The highest BCUT2D eigenvalue weighted by molar-refractivity contribution is 5.90. The normalized spacial score (nSPS) is 12.0. The summed E-state index contributed by atoms with van der Waals surface area (Å²) in [7, 11) is 1.61. The second kappa shape index (κ2) is 6.95. The van der Waals surface area contributed by atoms with Crippen LogP contribution in [0.1, 0.15) is 40.5 Å². The Hall–Kier alpha value is -2.27. The van der Waals surface area contributed by atoms with Gasteiger partial charge in [-0.15, -0.1) is 0 Å². The van der Waals surface area contributed by atoms with Crippen molar-refractivity contribution in [2.24, 2.45) is 0 Å². The average molecular weight is 286 g/mol. The van der Waals surface area contributed by atoms with E-state index < -0.39 is 5.97 Å². The first-order chi connectivity index (χ1) is 10.2. The molecule has 1 unspecified atom stereocenters. The van der Waals surface area contributed by atoms with Crippen LogP contribution in [0.3, 0.4) is 0 Å². The molecule has 1 aromatic carbocycles. The summed E-state index contributed by atoms with van der Waals surface area (Å²) in [5.74, 6) is 0.115. The van der Waals surface area contributed by atoms with Gasteiger partial charge in [-0.2, -0.15) is 0 Å². The van der Waals surface area contributed by atoms with E-state index in [9.17, 15) is 4.79 Å². The zero-order valence-electron chi connectivity index (χ0n) is 12.4. The summed E-state index contributed by atoms with van der Waals surface area (Å²) in [6.45, 7) is 3.85. The molecular formula is C16H18N2O3. The van der Waals surface area contributed by atoms with Gasteiger partial charge in [-0.1, -0.05) is 30.3 Å². The summed E-state index contributed by atoms with van der Waals surface area (Å²) in [6.07, 6.45) is 1.13. The predicted octanol–water partition coefficient (Wildman–Crippen LogP) is 2.70. The maximum absolute atomic E-state index is 11.8. The number of esters is 1. The second-order valence-electron chi connectivity index (χ2n) is 4.47. The van der Waals surface area contributed by atoms with E-state index in [-0.39, 0.29) is 6.10 Å². The zero-order chi connectivity index (χ0) is 15.2. The lowest BCUT2D eigenvalue weighted by molar-refractivity contribution is 0.0523. The summed E-state index contributed by atoms with van der Waals surface area (Å²) in [4.78, 5) is 20.4. The standard InChI is InChI=1S/C16H18N2O3/c1-4-21-16(19)13-10-17-15(18-11(13)2)14(20-3)12-8-6-5-7-9-12/h5-10,14H,4H2,1-3H3. The fraction of sp³-hybridized carbons (Fsp3) is 0.312. The van der Waals surface area contributed by atoms with E-state index in [1.807, 2.05) is 30.3 Å². The van der Waals surface area contributed by atoms with Crippen LogP contribution in [0.25, 0.3) is 0 Å². The minimum absolute atomic E-state index is 0.324. The van der Waals surface area contributed by atoms with Crippen molar-refractivity contribution >= 4 is 5.97 Å². The van der Waals surface area contributed by atoms with Crippen molar-refractivity contribution in [2.75, 3.05) is 13.7 Å². The maximum atomic E-state index is 11.8. The number of carbonyl (C=O) groups is 1. The molecule has 1 atom stereocenters. The van der Waals surface area contributed by atoms with Gasteiger partial charge in [0, 0.05) is 13.3 Å². The number of methoxy groups -OCH3 is 1. The Morgan fingerprint density at radius 2 is 2.00 bits per heavy atom. The smallest absolute Gasteiger partial charge is 0.341 e. The Bertz CT molecular complexity index is 614. The fourth-order valence-corrected chi connectivity index (χ4v) is 2.04.